The Hall–Kier alpha value is -1.64. The van der Waals surface area contributed by atoms with Crippen molar-refractivity contribution < 1.29 is 4.39 Å². The number of rotatable bonds is 4. The van der Waals surface area contributed by atoms with Crippen molar-refractivity contribution in [2.75, 3.05) is 5.75 Å². The number of nitrogens with zero attached hydrogens (tertiary/aromatic N) is 2. The van der Waals surface area contributed by atoms with Crippen molar-refractivity contribution in [3.63, 3.8) is 0 Å². The molecular formula is C14H13FN2S. The van der Waals surface area contributed by atoms with E-state index in [1.54, 1.807) is 11.8 Å². The first-order valence-corrected chi connectivity index (χ1v) is 6.73. The van der Waals surface area contributed by atoms with Crippen molar-refractivity contribution in [2.24, 2.45) is 0 Å². The Morgan fingerprint density at radius 3 is 3.00 bits per heavy atom. The van der Waals surface area contributed by atoms with Gasteiger partial charge in [-0.15, -0.1) is 5.73 Å². The molecule has 0 saturated carbocycles. The molecule has 0 spiro atoms. The lowest BCUT2D eigenvalue weighted by atomic mass is 10.2. The molecule has 4 heteroatoms. The Kier molecular flexibility index (Phi) is 4.51. The maximum Gasteiger partial charge on any atom is 0.163 e. The van der Waals surface area contributed by atoms with Crippen LogP contribution in [0.2, 0.25) is 0 Å². The summed E-state index contributed by atoms with van der Waals surface area (Å²) in [5.41, 5.74) is 5.90. The fourth-order valence-corrected chi connectivity index (χ4v) is 2.34. The van der Waals surface area contributed by atoms with Gasteiger partial charge in [0.2, 0.25) is 0 Å². The molecule has 18 heavy (non-hydrogen) atoms. The van der Waals surface area contributed by atoms with E-state index < -0.39 is 0 Å². The molecule has 0 aromatic carbocycles. The van der Waals surface area contributed by atoms with E-state index in [0.29, 0.717) is 11.4 Å². The molecule has 0 bridgehead atoms. The van der Waals surface area contributed by atoms with E-state index >= 15 is 0 Å². The van der Waals surface area contributed by atoms with Gasteiger partial charge < -0.3 is 0 Å². The molecule has 0 radical (unpaired) electrons. The van der Waals surface area contributed by atoms with Crippen molar-refractivity contribution >= 4 is 11.8 Å². The Morgan fingerprint density at radius 2 is 2.17 bits per heavy atom. The maximum atomic E-state index is 13.3. The van der Waals surface area contributed by atoms with E-state index in [1.165, 1.54) is 23.7 Å². The van der Waals surface area contributed by atoms with Crippen LogP contribution in [0, 0.1) is 5.82 Å². The van der Waals surface area contributed by atoms with Gasteiger partial charge in [-0.25, -0.2) is 14.4 Å². The maximum absolute atomic E-state index is 13.3. The predicted molar refractivity (Wildman–Crippen MR) is 72.6 cm³/mol. The van der Waals surface area contributed by atoms with Crippen molar-refractivity contribution in [3.8, 4) is 0 Å². The van der Waals surface area contributed by atoms with E-state index in [1.807, 2.05) is 19.1 Å². The molecule has 2 nitrogen and oxygen atoms in total. The summed E-state index contributed by atoms with van der Waals surface area (Å²) in [6, 6.07) is 0. The first-order valence-electron chi connectivity index (χ1n) is 5.58. The van der Waals surface area contributed by atoms with Crippen LogP contribution in [0.3, 0.4) is 0 Å². The van der Waals surface area contributed by atoms with Gasteiger partial charge in [-0.05, 0) is 30.2 Å². The summed E-state index contributed by atoms with van der Waals surface area (Å²) in [5, 5.41) is 0. The summed E-state index contributed by atoms with van der Waals surface area (Å²) in [4.78, 5) is 7.55. The van der Waals surface area contributed by atoms with Crippen LogP contribution < -0.4 is 0 Å². The molecule has 0 atom stereocenters. The Labute approximate surface area is 110 Å². The summed E-state index contributed by atoms with van der Waals surface area (Å²) in [6.07, 6.45) is 10.6. The van der Waals surface area contributed by atoms with Crippen molar-refractivity contribution in [1.82, 2.24) is 9.97 Å². The number of hydrogen-bond donors (Lipinski definition) is 0. The average molecular weight is 260 g/mol. The van der Waals surface area contributed by atoms with Crippen LogP contribution in [0.25, 0.3) is 0 Å². The van der Waals surface area contributed by atoms with E-state index in [4.69, 9.17) is 0 Å². The van der Waals surface area contributed by atoms with Gasteiger partial charge in [-0.1, -0.05) is 12.2 Å². The molecule has 0 fully saturated rings. The zero-order valence-electron chi connectivity index (χ0n) is 10.1. The number of aromatic nitrogens is 2. The summed E-state index contributed by atoms with van der Waals surface area (Å²) in [7, 11) is 0. The largest absolute Gasteiger partial charge is 0.242 e. The first-order chi connectivity index (χ1) is 8.75. The van der Waals surface area contributed by atoms with Crippen LogP contribution >= 0.6 is 11.8 Å². The predicted octanol–water partition coefficient (Wildman–Crippen LogP) is 3.45. The molecular weight excluding hydrogens is 247 g/mol. The van der Waals surface area contributed by atoms with Crippen LogP contribution in [-0.2, 0) is 5.75 Å². The second kappa shape index (κ2) is 6.34. The number of hydrogen-bond acceptors (Lipinski definition) is 3. The molecule has 0 N–H and O–H groups in total. The molecule has 1 aromatic rings. The van der Waals surface area contributed by atoms with Crippen LogP contribution in [0.1, 0.15) is 12.6 Å². The van der Waals surface area contributed by atoms with Gasteiger partial charge >= 0.3 is 0 Å². The number of halogens is 1. The average Bonchev–Trinajstić information content (AvgIpc) is 2.57. The fraction of sp³-hybridized carbons (Fsp3) is 0.214. The zero-order valence-corrected chi connectivity index (χ0v) is 10.9. The zero-order chi connectivity index (χ0) is 12.8. The minimum Gasteiger partial charge on any atom is -0.242 e. The third-order valence-corrected chi connectivity index (χ3v) is 3.41. The van der Waals surface area contributed by atoms with E-state index in [-0.39, 0.29) is 5.82 Å². The topological polar surface area (TPSA) is 25.8 Å². The van der Waals surface area contributed by atoms with E-state index in [2.05, 4.69) is 27.9 Å². The molecule has 0 aliphatic heterocycles. The highest BCUT2D eigenvalue weighted by atomic mass is 32.2. The molecule has 0 saturated heterocycles. The normalized spacial score (nSPS) is 14.1. The minimum atomic E-state index is -0.342. The van der Waals surface area contributed by atoms with Gasteiger partial charge in [0.1, 0.15) is 6.33 Å². The monoisotopic (exact) mass is 260 g/mol. The molecule has 2 rings (SSSR count). The highest BCUT2D eigenvalue weighted by Crippen LogP contribution is 2.17. The second-order valence-corrected chi connectivity index (χ2v) is 4.90. The number of allylic oxidation sites excluding steroid dienone is 4. The van der Waals surface area contributed by atoms with Crippen LogP contribution in [0.4, 0.5) is 4.39 Å². The lowest BCUT2D eigenvalue weighted by molar-refractivity contribution is 0.600. The molecule has 1 aromatic heterocycles. The summed E-state index contributed by atoms with van der Waals surface area (Å²) in [5.74, 6) is 1.02. The molecule has 1 aliphatic rings. The van der Waals surface area contributed by atoms with Gasteiger partial charge in [0.25, 0.3) is 0 Å². The van der Waals surface area contributed by atoms with Crippen LogP contribution in [0.15, 0.2) is 53.7 Å². The summed E-state index contributed by atoms with van der Waals surface area (Å²) < 4.78 is 13.3. The Morgan fingerprint density at radius 1 is 1.28 bits per heavy atom. The third-order valence-electron chi connectivity index (χ3n) is 2.39. The summed E-state index contributed by atoms with van der Waals surface area (Å²) in [6.45, 7) is 2.03. The second-order valence-electron chi connectivity index (χ2n) is 3.92. The third kappa shape index (κ3) is 3.69. The SMILES string of the molecule is CC1=CC=C(CSCc2ncncc2F)C=C=C1. The highest BCUT2D eigenvalue weighted by molar-refractivity contribution is 7.98. The minimum absolute atomic E-state index is 0.342. The van der Waals surface area contributed by atoms with Gasteiger partial charge in [0.05, 0.1) is 11.9 Å². The first kappa shape index (κ1) is 12.8. The Bertz CT molecular complexity index is 555. The van der Waals surface area contributed by atoms with Crippen molar-refractivity contribution in [3.05, 3.63) is 65.2 Å². The number of thioether (sulfide) groups is 1. The molecule has 1 aliphatic carbocycles. The Balaban J connectivity index is 1.90. The van der Waals surface area contributed by atoms with Gasteiger partial charge in [-0.3, -0.25) is 0 Å². The quantitative estimate of drug-likeness (QED) is 0.775. The molecule has 0 amide bonds. The molecule has 92 valence electrons. The van der Waals surface area contributed by atoms with Crippen molar-refractivity contribution in [1.29, 1.82) is 0 Å². The van der Waals surface area contributed by atoms with E-state index in [0.717, 1.165) is 5.75 Å². The standard InChI is InChI=1S/C14H13FN2S/c1-11-3-2-4-12(6-5-11)8-18-9-14-13(15)7-16-10-17-14/h3-7,10H,8-9H2,1H3. The fourth-order valence-electron chi connectivity index (χ4n) is 1.41. The lowest BCUT2D eigenvalue weighted by Crippen LogP contribution is -1.94. The lowest BCUT2D eigenvalue weighted by Gasteiger charge is -2.02. The van der Waals surface area contributed by atoms with Crippen molar-refractivity contribution in [2.45, 2.75) is 12.7 Å². The highest BCUT2D eigenvalue weighted by Gasteiger charge is 2.03. The van der Waals surface area contributed by atoms with Gasteiger partial charge in [0.15, 0.2) is 5.82 Å². The van der Waals surface area contributed by atoms with Gasteiger partial charge in [0, 0.05) is 11.5 Å². The smallest absolute Gasteiger partial charge is 0.163 e. The van der Waals surface area contributed by atoms with E-state index in [9.17, 15) is 4.39 Å². The molecule has 1 heterocycles. The van der Waals surface area contributed by atoms with Gasteiger partial charge in [-0.2, -0.15) is 11.8 Å². The van der Waals surface area contributed by atoms with Crippen LogP contribution in [-0.4, -0.2) is 15.7 Å². The van der Waals surface area contributed by atoms with Crippen LogP contribution in [0.5, 0.6) is 0 Å². The molecule has 0 unspecified atom stereocenters. The summed E-state index contributed by atoms with van der Waals surface area (Å²) >= 11 is 1.62.